The maximum atomic E-state index is 9.03. The van der Waals surface area contributed by atoms with E-state index < -0.39 is 6.16 Å². The lowest BCUT2D eigenvalue weighted by atomic mass is 10.1. The highest BCUT2D eigenvalue weighted by Gasteiger charge is 2.13. The minimum absolute atomic E-state index is 1.04. The molecule has 0 unspecified atom stereocenters. The highest BCUT2D eigenvalue weighted by molar-refractivity contribution is 5.53. The molecule has 0 saturated heterocycles. The van der Waals surface area contributed by atoms with Gasteiger partial charge in [-0.3, -0.25) is 0 Å². The van der Waals surface area contributed by atoms with E-state index in [4.69, 9.17) is 9.90 Å². The summed E-state index contributed by atoms with van der Waals surface area (Å²) in [6.45, 7) is 7.36. The van der Waals surface area contributed by atoms with Crippen LogP contribution in [0.5, 0.6) is 0 Å². The predicted octanol–water partition coefficient (Wildman–Crippen LogP) is 6.32. The van der Waals surface area contributed by atoms with Gasteiger partial charge in [-0.2, -0.15) is 0 Å². The molecule has 0 amide bonds. The molecule has 0 bridgehead atoms. The standard InChI is InChI=1S/C22H48N.C2H4O3/c1-5-7-9-11-13-15-17-19-21-23(3,4)22-20-18-16-14-12-10-8-6-2;1-5-2(3)4/h5-22H2,1-4H3;1H3,(H,3,4)/q+1;/p-1. The Hall–Kier alpha value is -0.770. The Labute approximate surface area is 176 Å². The van der Waals surface area contributed by atoms with Crippen molar-refractivity contribution in [2.75, 3.05) is 34.3 Å². The maximum absolute atomic E-state index is 9.03. The molecule has 0 atom stereocenters. The number of rotatable bonds is 18. The van der Waals surface area contributed by atoms with E-state index in [1.54, 1.807) is 0 Å². The second-order valence-corrected chi connectivity index (χ2v) is 8.79. The van der Waals surface area contributed by atoms with Crippen LogP contribution in [-0.2, 0) is 4.74 Å². The van der Waals surface area contributed by atoms with E-state index in [1.165, 1.54) is 120 Å². The number of carbonyl (C=O) groups excluding carboxylic acids is 1. The molecule has 170 valence electrons. The van der Waals surface area contributed by atoms with Crippen molar-refractivity contribution >= 4 is 6.16 Å². The summed E-state index contributed by atoms with van der Waals surface area (Å²) in [6.07, 6.45) is 21.5. The Morgan fingerprint density at radius 3 is 1.14 bits per heavy atom. The van der Waals surface area contributed by atoms with Gasteiger partial charge in [-0.1, -0.05) is 90.9 Å². The van der Waals surface area contributed by atoms with Crippen LogP contribution in [0.15, 0.2) is 0 Å². The van der Waals surface area contributed by atoms with Gasteiger partial charge in [0.05, 0.1) is 27.2 Å². The van der Waals surface area contributed by atoms with Gasteiger partial charge in [0.25, 0.3) is 6.16 Å². The SMILES string of the molecule is CCCCCCCCCC[N+](C)(C)CCCCCCCCCC.COC(=O)[O-]. The Balaban J connectivity index is 0. The molecule has 0 N–H and O–H groups in total. The summed E-state index contributed by atoms with van der Waals surface area (Å²) in [5.74, 6) is 0. The zero-order chi connectivity index (χ0) is 21.5. The highest BCUT2D eigenvalue weighted by Crippen LogP contribution is 2.13. The van der Waals surface area contributed by atoms with Gasteiger partial charge >= 0.3 is 0 Å². The Morgan fingerprint density at radius 2 is 0.893 bits per heavy atom. The largest absolute Gasteiger partial charge is 0.553 e. The summed E-state index contributed by atoms with van der Waals surface area (Å²) in [7, 11) is 5.90. The zero-order valence-electron chi connectivity index (χ0n) is 19.9. The van der Waals surface area contributed by atoms with Crippen LogP contribution >= 0.6 is 0 Å². The normalized spacial score (nSPS) is 11.0. The van der Waals surface area contributed by atoms with E-state index in [0.717, 1.165) is 7.11 Å². The van der Waals surface area contributed by atoms with Crippen LogP contribution < -0.4 is 5.11 Å². The van der Waals surface area contributed by atoms with Gasteiger partial charge in [-0.05, 0) is 25.7 Å². The molecule has 4 heteroatoms. The summed E-state index contributed by atoms with van der Waals surface area (Å²) >= 11 is 0. The van der Waals surface area contributed by atoms with Gasteiger partial charge in [-0.25, -0.2) is 0 Å². The monoisotopic (exact) mass is 401 g/mol. The summed E-state index contributed by atoms with van der Waals surface area (Å²) in [5.41, 5.74) is 0. The van der Waals surface area contributed by atoms with Gasteiger partial charge in [0, 0.05) is 7.11 Å². The molecule has 0 spiro atoms. The Morgan fingerprint density at radius 1 is 0.643 bits per heavy atom. The van der Waals surface area contributed by atoms with E-state index in [-0.39, 0.29) is 0 Å². The van der Waals surface area contributed by atoms with Gasteiger partial charge in [-0.15, -0.1) is 0 Å². The molecule has 0 rings (SSSR count). The molecule has 0 radical (unpaired) electrons. The van der Waals surface area contributed by atoms with E-state index >= 15 is 0 Å². The summed E-state index contributed by atoms with van der Waals surface area (Å²) in [5, 5.41) is 9.03. The fraction of sp³-hybridized carbons (Fsp3) is 0.958. The second-order valence-electron chi connectivity index (χ2n) is 8.79. The molecule has 0 aliphatic heterocycles. The third-order valence-electron chi connectivity index (χ3n) is 5.40. The van der Waals surface area contributed by atoms with Gasteiger partial charge in [0.1, 0.15) is 0 Å². The molecule has 0 aromatic rings. The van der Waals surface area contributed by atoms with Crippen molar-refractivity contribution in [1.82, 2.24) is 0 Å². The summed E-state index contributed by atoms with van der Waals surface area (Å²) in [6, 6.07) is 0. The molecule has 4 nitrogen and oxygen atoms in total. The average molecular weight is 402 g/mol. The third kappa shape index (κ3) is 27.4. The van der Waals surface area contributed by atoms with Crippen LogP contribution in [-0.4, -0.2) is 44.9 Å². The van der Waals surface area contributed by atoms with Crippen molar-refractivity contribution in [3.05, 3.63) is 0 Å². The zero-order valence-corrected chi connectivity index (χ0v) is 19.9. The van der Waals surface area contributed by atoms with Crippen LogP contribution in [0.2, 0.25) is 0 Å². The van der Waals surface area contributed by atoms with E-state index in [9.17, 15) is 0 Å². The first-order valence-corrected chi connectivity index (χ1v) is 12.0. The first kappa shape index (κ1) is 29.4. The van der Waals surface area contributed by atoms with Gasteiger partial charge in [0.15, 0.2) is 0 Å². The molecule has 0 aromatic heterocycles. The first-order valence-electron chi connectivity index (χ1n) is 12.0. The molecule has 0 fully saturated rings. The molecule has 0 heterocycles. The fourth-order valence-corrected chi connectivity index (χ4v) is 3.46. The van der Waals surface area contributed by atoms with Crippen LogP contribution in [0.25, 0.3) is 0 Å². The lowest BCUT2D eigenvalue weighted by molar-refractivity contribution is -0.890. The Kier molecular flexibility index (Phi) is 23.7. The molecule has 0 aliphatic carbocycles. The van der Waals surface area contributed by atoms with Crippen LogP contribution in [0.1, 0.15) is 117 Å². The average Bonchev–Trinajstić information content (AvgIpc) is 2.66. The van der Waals surface area contributed by atoms with Crippen LogP contribution in [0, 0.1) is 0 Å². The number of hydrogen-bond acceptors (Lipinski definition) is 3. The quantitative estimate of drug-likeness (QED) is 0.153. The molecule has 0 aromatic carbocycles. The Bertz CT molecular complexity index is 297. The number of methoxy groups -OCH3 is 1. The molecular weight excluding hydrogens is 350 g/mol. The number of quaternary nitrogens is 1. The number of carboxylic acid groups (broad SMARTS) is 1. The smallest absolute Gasteiger partial charge is 0.251 e. The highest BCUT2D eigenvalue weighted by atomic mass is 16.6. The molecule has 0 aliphatic rings. The molecular formula is C24H51NO3. The molecule has 0 saturated carbocycles. The fourth-order valence-electron chi connectivity index (χ4n) is 3.46. The second kappa shape index (κ2) is 22.5. The lowest BCUT2D eigenvalue weighted by Gasteiger charge is -2.30. The van der Waals surface area contributed by atoms with Crippen molar-refractivity contribution in [2.24, 2.45) is 0 Å². The maximum Gasteiger partial charge on any atom is 0.251 e. The summed E-state index contributed by atoms with van der Waals surface area (Å²) in [4.78, 5) is 9.03. The first-order chi connectivity index (χ1) is 13.4. The lowest BCUT2D eigenvalue weighted by Crippen LogP contribution is -2.41. The number of hydrogen-bond donors (Lipinski definition) is 0. The van der Waals surface area contributed by atoms with E-state index in [0.29, 0.717) is 0 Å². The van der Waals surface area contributed by atoms with Gasteiger partial charge < -0.3 is 19.1 Å². The third-order valence-corrected chi connectivity index (χ3v) is 5.40. The topological polar surface area (TPSA) is 49.4 Å². The van der Waals surface area contributed by atoms with Crippen molar-refractivity contribution < 1.29 is 19.1 Å². The number of nitrogens with zero attached hydrogens (tertiary/aromatic N) is 1. The number of carbonyl (C=O) groups is 1. The van der Waals surface area contributed by atoms with Crippen molar-refractivity contribution in [1.29, 1.82) is 0 Å². The number of unbranched alkanes of at least 4 members (excludes halogenated alkanes) is 14. The minimum Gasteiger partial charge on any atom is -0.553 e. The predicted molar refractivity (Wildman–Crippen MR) is 119 cm³/mol. The van der Waals surface area contributed by atoms with Crippen molar-refractivity contribution in [3.8, 4) is 0 Å². The molecule has 28 heavy (non-hydrogen) atoms. The minimum atomic E-state index is -1.50. The summed E-state index contributed by atoms with van der Waals surface area (Å²) < 4.78 is 4.80. The van der Waals surface area contributed by atoms with E-state index in [1.807, 2.05) is 0 Å². The van der Waals surface area contributed by atoms with Crippen molar-refractivity contribution in [2.45, 2.75) is 117 Å². The van der Waals surface area contributed by atoms with Crippen molar-refractivity contribution in [3.63, 3.8) is 0 Å². The van der Waals surface area contributed by atoms with Crippen LogP contribution in [0.4, 0.5) is 4.79 Å². The van der Waals surface area contributed by atoms with E-state index in [2.05, 4.69) is 32.7 Å². The van der Waals surface area contributed by atoms with Crippen LogP contribution in [0.3, 0.4) is 0 Å². The van der Waals surface area contributed by atoms with Gasteiger partial charge in [0.2, 0.25) is 0 Å². The number of ether oxygens (including phenoxy) is 1.